The second-order valence-electron chi connectivity index (χ2n) is 3.80. The lowest BCUT2D eigenvalue weighted by Crippen LogP contribution is -2.37. The van der Waals surface area contributed by atoms with Gasteiger partial charge in [0.05, 0.1) is 19.1 Å². The number of hydrogen-bond acceptors (Lipinski definition) is 4. The lowest BCUT2D eigenvalue weighted by atomic mass is 9.97. The number of fused-ring (bicyclic) bond motifs is 1. The maximum absolute atomic E-state index is 11.3. The van der Waals surface area contributed by atoms with Crippen LogP contribution < -0.4 is 0 Å². The Hall–Kier alpha value is -0.610. The summed E-state index contributed by atoms with van der Waals surface area (Å²) < 4.78 is 4.71. The van der Waals surface area contributed by atoms with E-state index in [2.05, 4.69) is 4.90 Å². The first kappa shape index (κ1) is 8.97. The Bertz CT molecular complexity index is 219. The number of esters is 1. The lowest BCUT2D eigenvalue weighted by molar-refractivity contribution is -0.147. The molecule has 2 heterocycles. The van der Waals surface area contributed by atoms with Crippen molar-refractivity contribution in [3.63, 3.8) is 0 Å². The number of aliphatic hydroxyl groups excluding tert-OH is 1. The van der Waals surface area contributed by atoms with Crippen LogP contribution >= 0.6 is 0 Å². The summed E-state index contributed by atoms with van der Waals surface area (Å²) in [5.74, 6) is -0.282. The molecule has 3 atom stereocenters. The first-order valence-electron chi connectivity index (χ1n) is 4.74. The van der Waals surface area contributed by atoms with Gasteiger partial charge in [-0.3, -0.25) is 9.69 Å². The molecule has 2 aliphatic rings. The molecule has 0 radical (unpaired) electrons. The van der Waals surface area contributed by atoms with Crippen LogP contribution in [0.5, 0.6) is 0 Å². The van der Waals surface area contributed by atoms with E-state index in [-0.39, 0.29) is 24.0 Å². The minimum Gasteiger partial charge on any atom is -0.469 e. The van der Waals surface area contributed by atoms with Crippen molar-refractivity contribution >= 4 is 5.97 Å². The van der Waals surface area contributed by atoms with Crippen LogP contribution in [0.2, 0.25) is 0 Å². The molecule has 0 aromatic carbocycles. The van der Waals surface area contributed by atoms with Gasteiger partial charge in [0.2, 0.25) is 0 Å². The molecule has 0 spiro atoms. The Kier molecular flexibility index (Phi) is 2.26. The van der Waals surface area contributed by atoms with Crippen LogP contribution in [0.1, 0.15) is 12.8 Å². The second-order valence-corrected chi connectivity index (χ2v) is 3.80. The predicted molar refractivity (Wildman–Crippen MR) is 46.1 cm³/mol. The molecule has 74 valence electrons. The Balaban J connectivity index is 2.10. The Morgan fingerprint density at radius 2 is 2.15 bits per heavy atom. The molecule has 0 aliphatic carbocycles. The fourth-order valence-corrected chi connectivity index (χ4v) is 2.53. The Morgan fingerprint density at radius 3 is 2.85 bits per heavy atom. The van der Waals surface area contributed by atoms with Crippen molar-refractivity contribution in [1.82, 2.24) is 4.90 Å². The van der Waals surface area contributed by atoms with Gasteiger partial charge in [-0.2, -0.15) is 0 Å². The summed E-state index contributed by atoms with van der Waals surface area (Å²) in [6.07, 6.45) is 1.28. The smallest absolute Gasteiger partial charge is 0.310 e. The first-order valence-corrected chi connectivity index (χ1v) is 4.74. The molecule has 1 N–H and O–H groups in total. The van der Waals surface area contributed by atoms with E-state index in [1.807, 2.05) is 0 Å². The molecule has 2 aliphatic heterocycles. The van der Waals surface area contributed by atoms with E-state index >= 15 is 0 Å². The zero-order valence-electron chi connectivity index (χ0n) is 7.77. The fourth-order valence-electron chi connectivity index (χ4n) is 2.53. The largest absolute Gasteiger partial charge is 0.469 e. The van der Waals surface area contributed by atoms with Crippen molar-refractivity contribution in [3.8, 4) is 0 Å². The molecule has 4 heteroatoms. The fraction of sp³-hybridized carbons (Fsp3) is 0.889. The second kappa shape index (κ2) is 3.27. The minimum atomic E-state index is -0.341. The number of aliphatic hydroxyl groups is 1. The topological polar surface area (TPSA) is 49.8 Å². The van der Waals surface area contributed by atoms with Crippen molar-refractivity contribution in [2.45, 2.75) is 25.0 Å². The molecular weight excluding hydrogens is 170 g/mol. The van der Waals surface area contributed by atoms with E-state index in [1.165, 1.54) is 7.11 Å². The van der Waals surface area contributed by atoms with E-state index in [4.69, 9.17) is 4.74 Å². The maximum Gasteiger partial charge on any atom is 0.310 e. The molecule has 13 heavy (non-hydrogen) atoms. The van der Waals surface area contributed by atoms with Gasteiger partial charge in [0.15, 0.2) is 0 Å². The van der Waals surface area contributed by atoms with Gasteiger partial charge < -0.3 is 9.84 Å². The van der Waals surface area contributed by atoms with E-state index in [0.29, 0.717) is 0 Å². The van der Waals surface area contributed by atoms with E-state index in [1.54, 1.807) is 0 Å². The molecule has 0 unspecified atom stereocenters. The zero-order valence-corrected chi connectivity index (χ0v) is 7.77. The number of nitrogens with zero attached hydrogens (tertiary/aromatic N) is 1. The van der Waals surface area contributed by atoms with Gasteiger partial charge in [-0.15, -0.1) is 0 Å². The van der Waals surface area contributed by atoms with Crippen LogP contribution in [0.15, 0.2) is 0 Å². The lowest BCUT2D eigenvalue weighted by Gasteiger charge is -2.21. The molecule has 2 rings (SSSR count). The maximum atomic E-state index is 11.3. The van der Waals surface area contributed by atoms with Crippen molar-refractivity contribution < 1.29 is 14.6 Å². The zero-order chi connectivity index (χ0) is 9.42. The summed E-state index contributed by atoms with van der Waals surface area (Å²) in [6, 6.07) is 0.0208. The van der Waals surface area contributed by atoms with Crippen molar-refractivity contribution in [3.05, 3.63) is 0 Å². The molecule has 0 bridgehead atoms. The van der Waals surface area contributed by atoms with Gasteiger partial charge >= 0.3 is 5.97 Å². The predicted octanol–water partition coefficient (Wildman–Crippen LogP) is -0.386. The highest BCUT2D eigenvalue weighted by Crippen LogP contribution is 2.33. The summed E-state index contributed by atoms with van der Waals surface area (Å²) in [4.78, 5) is 13.5. The number of rotatable bonds is 1. The van der Waals surface area contributed by atoms with Crippen molar-refractivity contribution in [2.24, 2.45) is 5.92 Å². The van der Waals surface area contributed by atoms with Gasteiger partial charge in [0.1, 0.15) is 0 Å². The highest BCUT2D eigenvalue weighted by atomic mass is 16.5. The number of methoxy groups -OCH3 is 1. The molecule has 2 saturated heterocycles. The molecule has 2 fully saturated rings. The Labute approximate surface area is 77.5 Å². The summed E-state index contributed by atoms with van der Waals surface area (Å²) >= 11 is 0. The van der Waals surface area contributed by atoms with Gasteiger partial charge in [-0.1, -0.05) is 0 Å². The molecule has 4 nitrogen and oxygen atoms in total. The van der Waals surface area contributed by atoms with Crippen LogP contribution in [-0.4, -0.2) is 48.3 Å². The summed E-state index contributed by atoms with van der Waals surface area (Å²) in [7, 11) is 1.41. The summed E-state index contributed by atoms with van der Waals surface area (Å²) in [5.41, 5.74) is 0. The number of hydrogen-bond donors (Lipinski definition) is 1. The average Bonchev–Trinajstić information content (AvgIpc) is 2.68. The summed E-state index contributed by atoms with van der Waals surface area (Å²) in [5, 5.41) is 9.66. The SMILES string of the molecule is COC(=O)[C@@H]1CCN2CC[C@@H](O)[C@@H]12. The first-order chi connectivity index (χ1) is 6.24. The van der Waals surface area contributed by atoms with Gasteiger partial charge in [0, 0.05) is 12.6 Å². The number of carbonyl (C=O) groups excluding carboxylic acids is 1. The van der Waals surface area contributed by atoms with Crippen LogP contribution in [0.3, 0.4) is 0 Å². The van der Waals surface area contributed by atoms with Crippen LogP contribution in [-0.2, 0) is 9.53 Å². The monoisotopic (exact) mass is 185 g/mol. The van der Waals surface area contributed by atoms with E-state index in [9.17, 15) is 9.90 Å². The van der Waals surface area contributed by atoms with Crippen LogP contribution in [0.4, 0.5) is 0 Å². The highest BCUT2D eigenvalue weighted by molar-refractivity contribution is 5.73. The third kappa shape index (κ3) is 1.34. The van der Waals surface area contributed by atoms with Crippen LogP contribution in [0.25, 0.3) is 0 Å². The van der Waals surface area contributed by atoms with E-state index < -0.39 is 0 Å². The third-order valence-corrected chi connectivity index (χ3v) is 3.17. The normalized spacial score (nSPS) is 39.1. The van der Waals surface area contributed by atoms with Gasteiger partial charge in [0.25, 0.3) is 0 Å². The molecule has 0 aromatic heterocycles. The molecule has 0 aromatic rings. The number of ether oxygens (including phenoxy) is 1. The molecule has 0 saturated carbocycles. The average molecular weight is 185 g/mol. The van der Waals surface area contributed by atoms with E-state index in [0.717, 1.165) is 25.9 Å². The van der Waals surface area contributed by atoms with Crippen LogP contribution in [0, 0.1) is 5.92 Å². The van der Waals surface area contributed by atoms with Gasteiger partial charge in [-0.05, 0) is 19.4 Å². The standard InChI is InChI=1S/C9H15NO3/c1-13-9(12)6-2-4-10-5-3-7(11)8(6)10/h6-8,11H,2-5H2,1H3/t6-,7-,8-/m1/s1. The van der Waals surface area contributed by atoms with Crippen molar-refractivity contribution in [2.75, 3.05) is 20.2 Å². The molecular formula is C9H15NO3. The quantitative estimate of drug-likeness (QED) is 0.565. The highest BCUT2D eigenvalue weighted by Gasteiger charge is 2.46. The number of carbonyl (C=O) groups is 1. The third-order valence-electron chi connectivity index (χ3n) is 3.17. The minimum absolute atomic E-state index is 0.0208. The molecule has 0 amide bonds. The summed E-state index contributed by atoms with van der Waals surface area (Å²) in [6.45, 7) is 1.83. The van der Waals surface area contributed by atoms with Gasteiger partial charge in [-0.25, -0.2) is 0 Å². The van der Waals surface area contributed by atoms with Crippen molar-refractivity contribution in [1.29, 1.82) is 0 Å². The Morgan fingerprint density at radius 1 is 1.46 bits per heavy atom.